The van der Waals surface area contributed by atoms with E-state index >= 15 is 0 Å². The molecule has 4 heteroatoms. The Morgan fingerprint density at radius 3 is 2.89 bits per heavy atom. The lowest BCUT2D eigenvalue weighted by Crippen LogP contribution is -2.21. The number of hydrogen-bond donors (Lipinski definition) is 1. The van der Waals surface area contributed by atoms with Crippen molar-refractivity contribution in [2.45, 2.75) is 33.4 Å². The largest absolute Gasteiger partial charge is 0.310 e. The fraction of sp³-hybridized carbons (Fsp3) is 0.357. The standard InChI is InChI=1S/C14H17FN2S/c1-9(2)16-7-11-8-17-14(18-11)12-6-10(3)4-5-13(12)15/h4-6,8-9,16H,7H2,1-3H3. The Balaban J connectivity index is 2.21. The Kier molecular flexibility index (Phi) is 4.09. The molecule has 0 saturated heterocycles. The molecule has 96 valence electrons. The Morgan fingerprint density at radius 2 is 2.17 bits per heavy atom. The van der Waals surface area contributed by atoms with Crippen molar-refractivity contribution in [2.75, 3.05) is 0 Å². The number of aromatic nitrogens is 1. The van der Waals surface area contributed by atoms with Gasteiger partial charge in [0.1, 0.15) is 10.8 Å². The summed E-state index contributed by atoms with van der Waals surface area (Å²) in [7, 11) is 0. The number of aryl methyl sites for hydroxylation is 1. The summed E-state index contributed by atoms with van der Waals surface area (Å²) in [6.07, 6.45) is 1.82. The molecule has 1 N–H and O–H groups in total. The van der Waals surface area contributed by atoms with Crippen molar-refractivity contribution in [2.24, 2.45) is 0 Å². The summed E-state index contributed by atoms with van der Waals surface area (Å²) in [4.78, 5) is 5.43. The number of nitrogens with zero attached hydrogens (tertiary/aromatic N) is 1. The number of nitrogens with one attached hydrogen (secondary N) is 1. The van der Waals surface area contributed by atoms with Crippen LogP contribution in [0.15, 0.2) is 24.4 Å². The molecule has 1 heterocycles. The Labute approximate surface area is 111 Å². The first kappa shape index (κ1) is 13.2. The summed E-state index contributed by atoms with van der Waals surface area (Å²) in [6.45, 7) is 6.94. The van der Waals surface area contributed by atoms with E-state index in [-0.39, 0.29) is 5.82 Å². The minimum Gasteiger partial charge on any atom is -0.310 e. The van der Waals surface area contributed by atoms with Crippen LogP contribution in [0.2, 0.25) is 0 Å². The van der Waals surface area contributed by atoms with Crippen molar-refractivity contribution < 1.29 is 4.39 Å². The van der Waals surface area contributed by atoms with Gasteiger partial charge in [0.2, 0.25) is 0 Å². The third kappa shape index (κ3) is 3.15. The highest BCUT2D eigenvalue weighted by molar-refractivity contribution is 7.15. The summed E-state index contributed by atoms with van der Waals surface area (Å²) in [6, 6.07) is 5.55. The van der Waals surface area contributed by atoms with Crippen LogP contribution in [0.5, 0.6) is 0 Å². The third-order valence-corrected chi connectivity index (χ3v) is 3.62. The lowest BCUT2D eigenvalue weighted by molar-refractivity contribution is 0.593. The van der Waals surface area contributed by atoms with Crippen molar-refractivity contribution in [3.8, 4) is 10.6 Å². The molecule has 0 unspecified atom stereocenters. The molecule has 2 nitrogen and oxygen atoms in total. The molecular weight excluding hydrogens is 247 g/mol. The van der Waals surface area contributed by atoms with Crippen molar-refractivity contribution in [3.05, 3.63) is 40.7 Å². The van der Waals surface area contributed by atoms with Gasteiger partial charge in [-0.2, -0.15) is 0 Å². The van der Waals surface area contributed by atoms with Crippen LogP contribution >= 0.6 is 11.3 Å². The van der Waals surface area contributed by atoms with E-state index in [1.165, 1.54) is 17.4 Å². The fourth-order valence-corrected chi connectivity index (χ4v) is 2.50. The van der Waals surface area contributed by atoms with Crippen LogP contribution in [0.1, 0.15) is 24.3 Å². The summed E-state index contributed by atoms with van der Waals surface area (Å²) in [5.74, 6) is -0.210. The second-order valence-electron chi connectivity index (χ2n) is 4.65. The zero-order valence-corrected chi connectivity index (χ0v) is 11.6. The van der Waals surface area contributed by atoms with Gasteiger partial charge in [0.05, 0.1) is 0 Å². The molecule has 1 aromatic carbocycles. The first-order valence-corrected chi connectivity index (χ1v) is 6.82. The highest BCUT2D eigenvalue weighted by Gasteiger charge is 2.10. The third-order valence-electron chi connectivity index (χ3n) is 2.59. The van der Waals surface area contributed by atoms with E-state index in [0.29, 0.717) is 11.6 Å². The lowest BCUT2D eigenvalue weighted by atomic mass is 10.1. The van der Waals surface area contributed by atoms with Crippen LogP contribution in [0.25, 0.3) is 10.6 Å². The van der Waals surface area contributed by atoms with E-state index in [2.05, 4.69) is 24.1 Å². The highest BCUT2D eigenvalue weighted by atomic mass is 32.1. The first-order chi connectivity index (χ1) is 8.56. The van der Waals surface area contributed by atoms with Crippen LogP contribution in [0.3, 0.4) is 0 Å². The van der Waals surface area contributed by atoms with Gasteiger partial charge in [-0.3, -0.25) is 0 Å². The van der Waals surface area contributed by atoms with Gasteiger partial charge in [0, 0.05) is 29.2 Å². The molecule has 1 aromatic heterocycles. The molecule has 0 aliphatic rings. The maximum atomic E-state index is 13.7. The maximum Gasteiger partial charge on any atom is 0.133 e. The van der Waals surface area contributed by atoms with Crippen molar-refractivity contribution >= 4 is 11.3 Å². The van der Waals surface area contributed by atoms with Crippen LogP contribution in [-0.2, 0) is 6.54 Å². The molecule has 0 aliphatic heterocycles. The summed E-state index contributed by atoms with van der Waals surface area (Å²) >= 11 is 1.54. The molecule has 0 saturated carbocycles. The molecular formula is C14H17FN2S. The quantitative estimate of drug-likeness (QED) is 0.909. The van der Waals surface area contributed by atoms with Crippen LogP contribution < -0.4 is 5.32 Å². The van der Waals surface area contributed by atoms with E-state index in [0.717, 1.165) is 22.0 Å². The highest BCUT2D eigenvalue weighted by Crippen LogP contribution is 2.28. The predicted molar refractivity (Wildman–Crippen MR) is 74.2 cm³/mol. The number of rotatable bonds is 4. The van der Waals surface area contributed by atoms with Crippen LogP contribution in [0.4, 0.5) is 4.39 Å². The molecule has 0 aliphatic carbocycles. The van der Waals surface area contributed by atoms with Crippen LogP contribution in [-0.4, -0.2) is 11.0 Å². The topological polar surface area (TPSA) is 24.9 Å². The van der Waals surface area contributed by atoms with Crippen molar-refractivity contribution in [3.63, 3.8) is 0 Å². The summed E-state index contributed by atoms with van der Waals surface area (Å²) in [5.41, 5.74) is 1.64. The van der Waals surface area contributed by atoms with Gasteiger partial charge in [-0.1, -0.05) is 25.5 Å². The Morgan fingerprint density at radius 1 is 1.39 bits per heavy atom. The van der Waals surface area contributed by atoms with E-state index < -0.39 is 0 Å². The fourth-order valence-electron chi connectivity index (χ4n) is 1.62. The molecule has 2 rings (SSSR count). The zero-order chi connectivity index (χ0) is 13.1. The van der Waals surface area contributed by atoms with Crippen molar-refractivity contribution in [1.29, 1.82) is 0 Å². The van der Waals surface area contributed by atoms with E-state index in [1.807, 2.05) is 19.2 Å². The smallest absolute Gasteiger partial charge is 0.133 e. The van der Waals surface area contributed by atoms with Gasteiger partial charge < -0.3 is 5.32 Å². The second-order valence-corrected chi connectivity index (χ2v) is 5.77. The Bertz CT molecular complexity index is 534. The van der Waals surface area contributed by atoms with E-state index in [9.17, 15) is 4.39 Å². The average Bonchev–Trinajstić information content (AvgIpc) is 2.78. The lowest BCUT2D eigenvalue weighted by Gasteiger charge is -2.04. The number of hydrogen-bond acceptors (Lipinski definition) is 3. The van der Waals surface area contributed by atoms with Crippen LogP contribution in [0, 0.1) is 12.7 Å². The number of halogens is 1. The molecule has 0 amide bonds. The normalized spacial score (nSPS) is 11.2. The molecule has 0 radical (unpaired) electrons. The van der Waals surface area contributed by atoms with Gasteiger partial charge in [-0.05, 0) is 19.1 Å². The maximum absolute atomic E-state index is 13.7. The van der Waals surface area contributed by atoms with Gasteiger partial charge >= 0.3 is 0 Å². The number of benzene rings is 1. The summed E-state index contributed by atoms with van der Waals surface area (Å²) in [5, 5.41) is 4.08. The molecule has 0 spiro atoms. The molecule has 0 bridgehead atoms. The monoisotopic (exact) mass is 264 g/mol. The molecule has 18 heavy (non-hydrogen) atoms. The van der Waals surface area contributed by atoms with E-state index in [1.54, 1.807) is 6.07 Å². The summed E-state index contributed by atoms with van der Waals surface area (Å²) < 4.78 is 13.7. The van der Waals surface area contributed by atoms with Crippen molar-refractivity contribution in [1.82, 2.24) is 10.3 Å². The molecule has 0 atom stereocenters. The second kappa shape index (κ2) is 5.59. The molecule has 0 fully saturated rings. The minimum atomic E-state index is -0.210. The van der Waals surface area contributed by atoms with E-state index in [4.69, 9.17) is 0 Å². The van der Waals surface area contributed by atoms with Gasteiger partial charge in [0.25, 0.3) is 0 Å². The van der Waals surface area contributed by atoms with Gasteiger partial charge in [-0.15, -0.1) is 11.3 Å². The predicted octanol–water partition coefficient (Wildman–Crippen LogP) is 3.76. The number of thiazole rings is 1. The first-order valence-electron chi connectivity index (χ1n) is 6.01. The van der Waals surface area contributed by atoms with Gasteiger partial charge in [-0.25, -0.2) is 9.37 Å². The Hall–Kier alpha value is -1.26. The minimum absolute atomic E-state index is 0.210. The SMILES string of the molecule is Cc1ccc(F)c(-c2ncc(CNC(C)C)s2)c1. The van der Waals surface area contributed by atoms with Gasteiger partial charge in [0.15, 0.2) is 0 Å². The molecule has 2 aromatic rings. The average molecular weight is 264 g/mol. The zero-order valence-electron chi connectivity index (χ0n) is 10.8.